The van der Waals surface area contributed by atoms with E-state index in [1.54, 1.807) is 31.3 Å². The summed E-state index contributed by atoms with van der Waals surface area (Å²) in [5.41, 5.74) is 0. The molecule has 0 unspecified atom stereocenters. The molecule has 0 fully saturated rings. The highest BCUT2D eigenvalue weighted by Gasteiger charge is 2.22. The van der Waals surface area contributed by atoms with Gasteiger partial charge in [0.25, 0.3) is 0 Å². The van der Waals surface area contributed by atoms with Crippen LogP contribution in [0.2, 0.25) is 0 Å². The number of rotatable bonds is 7. The van der Waals surface area contributed by atoms with Crippen molar-refractivity contribution in [1.82, 2.24) is 4.31 Å². The van der Waals surface area contributed by atoms with Crippen molar-refractivity contribution in [1.29, 1.82) is 0 Å². The van der Waals surface area contributed by atoms with Crippen LogP contribution in [0.25, 0.3) is 0 Å². The maximum absolute atomic E-state index is 12.2. The molecule has 1 aromatic rings. The Morgan fingerprint density at radius 3 is 2.32 bits per heavy atom. The average molecular weight is 306 g/mol. The Balaban J connectivity index is 2.81. The molecule has 4 nitrogen and oxygen atoms in total. The molecule has 0 aliphatic carbocycles. The van der Waals surface area contributed by atoms with Gasteiger partial charge in [-0.1, -0.05) is 0 Å². The van der Waals surface area contributed by atoms with Crippen LogP contribution >= 0.6 is 11.6 Å². The van der Waals surface area contributed by atoms with Gasteiger partial charge in [-0.2, -0.15) is 4.31 Å². The highest BCUT2D eigenvalue weighted by Crippen LogP contribution is 2.20. The molecule has 6 heteroatoms. The van der Waals surface area contributed by atoms with Crippen molar-refractivity contribution in [3.63, 3.8) is 0 Å². The fourth-order valence-corrected chi connectivity index (χ4v) is 2.87. The molecule has 0 aliphatic heterocycles. The summed E-state index contributed by atoms with van der Waals surface area (Å²) in [6.45, 7) is 4.20. The van der Waals surface area contributed by atoms with Gasteiger partial charge in [-0.3, -0.25) is 0 Å². The van der Waals surface area contributed by atoms with E-state index in [1.165, 1.54) is 4.31 Å². The molecule has 19 heavy (non-hydrogen) atoms. The predicted octanol–water partition coefficient (Wildman–Crippen LogP) is 2.72. The van der Waals surface area contributed by atoms with Gasteiger partial charge >= 0.3 is 0 Å². The molecule has 0 amide bonds. The minimum absolute atomic E-state index is 0.0790. The first-order chi connectivity index (χ1) is 8.89. The lowest BCUT2D eigenvalue weighted by atomic mass is 10.3. The zero-order chi connectivity index (χ0) is 14.5. The van der Waals surface area contributed by atoms with Crippen molar-refractivity contribution in [3.05, 3.63) is 24.3 Å². The molecule has 0 aromatic heterocycles. The first-order valence-corrected chi connectivity index (χ1v) is 8.14. The maximum atomic E-state index is 12.2. The lowest BCUT2D eigenvalue weighted by Gasteiger charge is -2.21. The minimum Gasteiger partial charge on any atom is -0.494 e. The molecule has 1 aromatic carbocycles. The minimum atomic E-state index is -3.42. The third kappa shape index (κ3) is 4.37. The summed E-state index contributed by atoms with van der Waals surface area (Å²) in [7, 11) is -1.85. The number of halogens is 1. The van der Waals surface area contributed by atoms with E-state index in [1.807, 2.05) is 13.8 Å². The van der Waals surface area contributed by atoms with E-state index in [9.17, 15) is 8.42 Å². The van der Waals surface area contributed by atoms with Gasteiger partial charge in [-0.05, 0) is 44.5 Å². The van der Waals surface area contributed by atoms with Crippen LogP contribution in [0.1, 0.15) is 20.3 Å². The number of ether oxygens (including phenoxy) is 1. The molecular weight excluding hydrogens is 286 g/mol. The number of hydrogen-bond acceptors (Lipinski definition) is 3. The number of sulfonamides is 1. The Bertz CT molecular complexity index is 485. The van der Waals surface area contributed by atoms with Gasteiger partial charge in [0.2, 0.25) is 10.0 Å². The molecule has 0 heterocycles. The fraction of sp³-hybridized carbons (Fsp3) is 0.538. The van der Waals surface area contributed by atoms with E-state index < -0.39 is 10.0 Å². The maximum Gasteiger partial charge on any atom is 0.243 e. The molecule has 0 saturated carbocycles. The van der Waals surface area contributed by atoms with Crippen LogP contribution in [0.3, 0.4) is 0 Å². The second-order valence-corrected chi connectivity index (χ2v) is 6.85. The van der Waals surface area contributed by atoms with E-state index in [2.05, 4.69) is 0 Å². The van der Waals surface area contributed by atoms with Crippen LogP contribution < -0.4 is 4.74 Å². The Hall–Kier alpha value is -0.780. The van der Waals surface area contributed by atoms with Crippen molar-refractivity contribution < 1.29 is 13.2 Å². The van der Waals surface area contributed by atoms with Crippen LogP contribution in [-0.4, -0.2) is 38.3 Å². The van der Waals surface area contributed by atoms with E-state index in [0.29, 0.717) is 18.2 Å². The van der Waals surface area contributed by atoms with Gasteiger partial charge in [-0.15, -0.1) is 11.6 Å². The molecule has 108 valence electrons. The molecule has 0 radical (unpaired) electrons. The van der Waals surface area contributed by atoms with Gasteiger partial charge in [0.1, 0.15) is 5.75 Å². The van der Waals surface area contributed by atoms with Crippen LogP contribution in [0.5, 0.6) is 5.75 Å². The van der Waals surface area contributed by atoms with Gasteiger partial charge in [0.05, 0.1) is 11.5 Å². The van der Waals surface area contributed by atoms with Crippen molar-refractivity contribution in [3.8, 4) is 5.75 Å². The Kier molecular flexibility index (Phi) is 6.10. The molecular formula is C13H20ClNO3S. The molecule has 1 rings (SSSR count). The summed E-state index contributed by atoms with van der Waals surface area (Å²) in [5, 5.41) is 0. The Morgan fingerprint density at radius 1 is 1.26 bits per heavy atom. The standard InChI is InChI=1S/C13H20ClNO3S/c1-11(2)15(3)19(16,17)13-7-5-12(6-8-13)18-10-4-9-14/h5-8,11H,4,9-10H2,1-3H3. The number of hydrogen-bond donors (Lipinski definition) is 0. The summed E-state index contributed by atoms with van der Waals surface area (Å²) in [6, 6.07) is 6.36. The second-order valence-electron chi connectivity index (χ2n) is 4.48. The monoisotopic (exact) mass is 305 g/mol. The lowest BCUT2D eigenvalue weighted by Crippen LogP contribution is -2.32. The quantitative estimate of drug-likeness (QED) is 0.575. The molecule has 0 saturated heterocycles. The topological polar surface area (TPSA) is 46.6 Å². The van der Waals surface area contributed by atoms with Crippen LogP contribution in [-0.2, 0) is 10.0 Å². The molecule has 0 bridgehead atoms. The largest absolute Gasteiger partial charge is 0.494 e. The Morgan fingerprint density at radius 2 is 1.84 bits per heavy atom. The van der Waals surface area contributed by atoms with Gasteiger partial charge in [-0.25, -0.2) is 8.42 Å². The van der Waals surface area contributed by atoms with E-state index in [4.69, 9.17) is 16.3 Å². The normalized spacial score (nSPS) is 12.1. The van der Waals surface area contributed by atoms with Crippen LogP contribution in [0, 0.1) is 0 Å². The Labute approximate surface area is 120 Å². The predicted molar refractivity (Wildman–Crippen MR) is 77.4 cm³/mol. The smallest absolute Gasteiger partial charge is 0.243 e. The van der Waals surface area contributed by atoms with E-state index in [-0.39, 0.29) is 10.9 Å². The zero-order valence-electron chi connectivity index (χ0n) is 11.5. The van der Waals surface area contributed by atoms with Gasteiger partial charge < -0.3 is 4.74 Å². The first-order valence-electron chi connectivity index (χ1n) is 6.16. The average Bonchev–Trinajstić information content (AvgIpc) is 2.38. The summed E-state index contributed by atoms with van der Waals surface area (Å²) >= 11 is 5.55. The van der Waals surface area contributed by atoms with Crippen LogP contribution in [0.15, 0.2) is 29.2 Å². The molecule has 0 atom stereocenters. The summed E-state index contributed by atoms with van der Waals surface area (Å²) in [5.74, 6) is 1.20. The third-order valence-electron chi connectivity index (χ3n) is 2.77. The molecule has 0 aliphatic rings. The highest BCUT2D eigenvalue weighted by molar-refractivity contribution is 7.89. The summed E-state index contributed by atoms with van der Waals surface area (Å²) < 4.78 is 31.2. The number of alkyl halides is 1. The third-order valence-corrected chi connectivity index (χ3v) is 5.09. The SMILES string of the molecule is CC(C)N(C)S(=O)(=O)c1ccc(OCCCCl)cc1. The van der Waals surface area contributed by atoms with Crippen molar-refractivity contribution in [2.24, 2.45) is 0 Å². The second kappa shape index (κ2) is 7.12. The highest BCUT2D eigenvalue weighted by atomic mass is 35.5. The van der Waals surface area contributed by atoms with Crippen LogP contribution in [0.4, 0.5) is 0 Å². The van der Waals surface area contributed by atoms with Crippen molar-refractivity contribution in [2.75, 3.05) is 19.5 Å². The zero-order valence-corrected chi connectivity index (χ0v) is 13.0. The summed E-state index contributed by atoms with van der Waals surface area (Å²) in [6.07, 6.45) is 0.762. The number of nitrogens with zero attached hydrogens (tertiary/aromatic N) is 1. The van der Waals surface area contributed by atoms with E-state index in [0.717, 1.165) is 6.42 Å². The van der Waals surface area contributed by atoms with Crippen molar-refractivity contribution >= 4 is 21.6 Å². The molecule has 0 N–H and O–H groups in total. The van der Waals surface area contributed by atoms with Gasteiger partial charge in [0, 0.05) is 19.0 Å². The molecule has 0 spiro atoms. The van der Waals surface area contributed by atoms with Gasteiger partial charge in [0.15, 0.2) is 0 Å². The first kappa shape index (κ1) is 16.3. The lowest BCUT2D eigenvalue weighted by molar-refractivity contribution is 0.318. The summed E-state index contributed by atoms with van der Waals surface area (Å²) in [4.78, 5) is 0.272. The number of benzene rings is 1. The fourth-order valence-electron chi connectivity index (χ4n) is 1.40. The van der Waals surface area contributed by atoms with E-state index >= 15 is 0 Å². The van der Waals surface area contributed by atoms with Crippen molar-refractivity contribution in [2.45, 2.75) is 31.2 Å².